The third-order valence-corrected chi connectivity index (χ3v) is 10.8. The largest absolute Gasteiger partial charge is 0.488 e. The average molecular weight is 487 g/mol. The number of aromatic nitrogens is 1. The lowest BCUT2D eigenvalue weighted by atomic mass is 10.2. The van der Waals surface area contributed by atoms with E-state index in [1.807, 2.05) is 6.92 Å². The van der Waals surface area contributed by atoms with Crippen LogP contribution in [0.2, 0.25) is 18.1 Å². The maximum Gasteiger partial charge on any atom is 0.335 e. The van der Waals surface area contributed by atoms with E-state index < -0.39 is 14.3 Å². The zero-order valence-electron chi connectivity index (χ0n) is 20.8. The van der Waals surface area contributed by atoms with Crippen LogP contribution in [-0.4, -0.2) is 61.0 Å². The highest BCUT2D eigenvalue weighted by Crippen LogP contribution is 2.36. The second-order valence-electron chi connectivity index (χ2n) is 10.1. The van der Waals surface area contributed by atoms with Gasteiger partial charge in [-0.15, -0.1) is 0 Å². The maximum atomic E-state index is 12.3. The molecule has 1 aromatic carbocycles. The van der Waals surface area contributed by atoms with E-state index in [2.05, 4.69) is 38.8 Å². The van der Waals surface area contributed by atoms with Gasteiger partial charge in [-0.05, 0) is 55.7 Å². The number of benzene rings is 1. The van der Waals surface area contributed by atoms with Gasteiger partial charge in [-0.2, -0.15) is 0 Å². The Labute approximate surface area is 202 Å². The van der Waals surface area contributed by atoms with E-state index in [-0.39, 0.29) is 22.6 Å². The quantitative estimate of drug-likeness (QED) is 0.486. The fraction of sp³-hybridized carbons (Fsp3) is 0.480. The first kappa shape index (κ1) is 25.7. The number of carboxylic acids is 1. The van der Waals surface area contributed by atoms with E-state index in [9.17, 15) is 14.7 Å². The van der Waals surface area contributed by atoms with Gasteiger partial charge < -0.3 is 23.9 Å². The van der Waals surface area contributed by atoms with Gasteiger partial charge in [0.25, 0.3) is 5.91 Å². The summed E-state index contributed by atoms with van der Waals surface area (Å²) in [5.74, 6) is -0.123. The molecule has 0 radical (unpaired) electrons. The summed E-state index contributed by atoms with van der Waals surface area (Å²) in [4.78, 5) is 29.8. The fourth-order valence-electron chi connectivity index (χ4n) is 3.02. The molecule has 9 heteroatoms. The van der Waals surface area contributed by atoms with Crippen LogP contribution in [0.1, 0.15) is 55.0 Å². The summed E-state index contributed by atoms with van der Waals surface area (Å²) < 4.78 is 18.0. The van der Waals surface area contributed by atoms with E-state index in [1.54, 1.807) is 23.1 Å². The van der Waals surface area contributed by atoms with Crippen molar-refractivity contribution in [2.24, 2.45) is 0 Å². The van der Waals surface area contributed by atoms with E-state index in [4.69, 9.17) is 13.9 Å². The number of hydrogen-bond acceptors (Lipinski definition) is 6. The first-order chi connectivity index (χ1) is 15.9. The van der Waals surface area contributed by atoms with Gasteiger partial charge >= 0.3 is 5.97 Å². The second kappa shape index (κ2) is 10.1. The molecule has 1 saturated heterocycles. The van der Waals surface area contributed by atoms with Gasteiger partial charge in [0.2, 0.25) is 0 Å². The Morgan fingerprint density at radius 1 is 1.12 bits per heavy atom. The molecular formula is C25H34N2O6Si. The third-order valence-electron chi connectivity index (χ3n) is 6.28. The second-order valence-corrected chi connectivity index (χ2v) is 14.9. The highest BCUT2D eigenvalue weighted by molar-refractivity contribution is 6.74. The highest BCUT2D eigenvalue weighted by atomic mass is 28.4. The monoisotopic (exact) mass is 486 g/mol. The van der Waals surface area contributed by atoms with Gasteiger partial charge in [0.05, 0.1) is 18.4 Å². The first-order valence-corrected chi connectivity index (χ1v) is 14.4. The van der Waals surface area contributed by atoms with Crippen LogP contribution in [0.25, 0.3) is 0 Å². The number of aromatic carboxylic acids is 1. The topological polar surface area (TPSA) is 98.2 Å². The molecule has 1 atom stereocenters. The van der Waals surface area contributed by atoms with Crippen molar-refractivity contribution < 1.29 is 28.6 Å². The molecule has 1 aliphatic rings. The predicted molar refractivity (Wildman–Crippen MR) is 131 cm³/mol. The Morgan fingerprint density at radius 2 is 1.79 bits per heavy atom. The molecule has 1 amide bonds. The Hall–Kier alpha value is -2.91. The summed E-state index contributed by atoms with van der Waals surface area (Å²) in [6, 6.07) is 7.77. The van der Waals surface area contributed by atoms with Crippen LogP contribution in [0.5, 0.6) is 17.2 Å². The zero-order valence-corrected chi connectivity index (χ0v) is 21.8. The van der Waals surface area contributed by atoms with Crippen LogP contribution in [0.3, 0.4) is 0 Å². The van der Waals surface area contributed by atoms with Crippen molar-refractivity contribution in [2.75, 3.05) is 19.7 Å². The van der Waals surface area contributed by atoms with E-state index in [1.165, 1.54) is 18.3 Å². The summed E-state index contributed by atoms with van der Waals surface area (Å²) in [5, 5.41) is 9.61. The highest BCUT2D eigenvalue weighted by Gasteiger charge is 2.37. The zero-order chi connectivity index (χ0) is 25.1. The fourth-order valence-corrected chi connectivity index (χ4v) is 4.10. The summed E-state index contributed by atoms with van der Waals surface area (Å²) >= 11 is 0. The van der Waals surface area contributed by atoms with Gasteiger partial charge in [0.15, 0.2) is 8.32 Å². The van der Waals surface area contributed by atoms with E-state index >= 15 is 0 Å². The van der Waals surface area contributed by atoms with Crippen molar-refractivity contribution >= 4 is 20.2 Å². The number of hydrogen-bond donors (Lipinski definition) is 1. The summed E-state index contributed by atoms with van der Waals surface area (Å²) in [5.41, 5.74) is 0.397. The van der Waals surface area contributed by atoms with Gasteiger partial charge in [0, 0.05) is 19.2 Å². The lowest BCUT2D eigenvalue weighted by Crippen LogP contribution is -2.43. The van der Waals surface area contributed by atoms with Gasteiger partial charge in [-0.1, -0.05) is 20.8 Å². The molecule has 184 valence electrons. The smallest absolute Gasteiger partial charge is 0.335 e. The first-order valence-electron chi connectivity index (χ1n) is 11.5. The average Bonchev–Trinajstić information content (AvgIpc) is 2.70. The number of carbonyl (C=O) groups is 2. The SMILES string of the molecule is CC(CO[Si](C)(C)C(C)(C)C)Oc1cc(Oc2ccc(C(=O)N3CCC3)nc2)cc(C(=O)O)c1. The molecular weight excluding hydrogens is 452 g/mol. The summed E-state index contributed by atoms with van der Waals surface area (Å²) in [6.45, 7) is 14.7. The van der Waals surface area contributed by atoms with Crippen LogP contribution in [0, 0.1) is 0 Å². The van der Waals surface area contributed by atoms with Gasteiger partial charge in [-0.25, -0.2) is 9.78 Å². The number of nitrogens with zero attached hydrogens (tertiary/aromatic N) is 2. The number of amides is 1. The van der Waals surface area contributed by atoms with E-state index in [0.717, 1.165) is 19.5 Å². The minimum absolute atomic E-state index is 0.0440. The molecule has 3 rings (SSSR count). The van der Waals surface area contributed by atoms with Crippen LogP contribution in [-0.2, 0) is 4.43 Å². The molecule has 34 heavy (non-hydrogen) atoms. The number of carboxylic acid groups (broad SMARTS) is 1. The number of carbonyl (C=O) groups excluding carboxylic acids is 1. The minimum atomic E-state index is -1.93. The molecule has 1 aliphatic heterocycles. The lowest BCUT2D eigenvalue weighted by Gasteiger charge is -2.36. The van der Waals surface area contributed by atoms with Crippen molar-refractivity contribution in [3.63, 3.8) is 0 Å². The van der Waals surface area contributed by atoms with Gasteiger partial charge in [-0.3, -0.25) is 4.79 Å². The molecule has 1 fully saturated rings. The van der Waals surface area contributed by atoms with Crippen LogP contribution < -0.4 is 9.47 Å². The molecule has 8 nitrogen and oxygen atoms in total. The molecule has 1 aromatic heterocycles. The molecule has 0 bridgehead atoms. The lowest BCUT2D eigenvalue weighted by molar-refractivity contribution is 0.0644. The normalized spacial score (nSPS) is 14.8. The van der Waals surface area contributed by atoms with Crippen LogP contribution in [0.4, 0.5) is 0 Å². The Kier molecular flexibility index (Phi) is 7.67. The van der Waals surface area contributed by atoms with Crippen molar-refractivity contribution in [3.8, 4) is 17.2 Å². The van der Waals surface area contributed by atoms with Gasteiger partial charge in [0.1, 0.15) is 29.0 Å². The van der Waals surface area contributed by atoms with Crippen molar-refractivity contribution in [2.45, 2.75) is 58.4 Å². The number of ether oxygens (including phenoxy) is 2. The molecule has 0 saturated carbocycles. The summed E-state index contributed by atoms with van der Waals surface area (Å²) in [6.07, 6.45) is 2.19. The standard InChI is InChI=1S/C25H34N2O6Si/c1-17(16-31-34(5,6)25(2,3)4)32-20-12-18(24(29)30)13-21(14-20)33-19-8-9-22(26-15-19)23(28)27-10-7-11-27/h8-9,12-15,17H,7,10-11,16H2,1-6H3,(H,29,30). The molecule has 2 aromatic rings. The molecule has 0 aliphatic carbocycles. The van der Waals surface area contributed by atoms with Crippen molar-refractivity contribution in [1.29, 1.82) is 0 Å². The minimum Gasteiger partial charge on any atom is -0.488 e. The predicted octanol–water partition coefficient (Wildman–Crippen LogP) is 5.21. The Morgan fingerprint density at radius 3 is 2.32 bits per heavy atom. The van der Waals surface area contributed by atoms with Crippen molar-refractivity contribution in [1.82, 2.24) is 9.88 Å². The number of rotatable bonds is 9. The molecule has 0 spiro atoms. The maximum absolute atomic E-state index is 12.3. The van der Waals surface area contributed by atoms with Crippen LogP contribution >= 0.6 is 0 Å². The van der Waals surface area contributed by atoms with Crippen LogP contribution in [0.15, 0.2) is 36.5 Å². The molecule has 1 unspecified atom stereocenters. The molecule has 1 N–H and O–H groups in total. The third kappa shape index (κ3) is 6.36. The number of pyridine rings is 1. The van der Waals surface area contributed by atoms with E-state index in [0.29, 0.717) is 29.5 Å². The Balaban J connectivity index is 1.69. The number of likely N-dealkylation sites (tertiary alicyclic amines) is 1. The Bertz CT molecular complexity index is 1030. The summed E-state index contributed by atoms with van der Waals surface area (Å²) in [7, 11) is -1.93. The molecule has 2 heterocycles. The van der Waals surface area contributed by atoms with Crippen molar-refractivity contribution in [3.05, 3.63) is 47.8 Å².